The van der Waals surface area contributed by atoms with E-state index in [1.807, 2.05) is 41.3 Å². The van der Waals surface area contributed by atoms with Crippen molar-refractivity contribution in [1.29, 1.82) is 0 Å². The van der Waals surface area contributed by atoms with Crippen LogP contribution in [0.2, 0.25) is 0 Å². The van der Waals surface area contributed by atoms with Gasteiger partial charge in [0.1, 0.15) is 0 Å². The third kappa shape index (κ3) is 2.64. The number of benzene rings is 1. The maximum atomic E-state index is 12.3. The predicted molar refractivity (Wildman–Crippen MR) is 78.6 cm³/mol. The Hall–Kier alpha value is -2.36. The molecule has 1 aromatic heterocycles. The van der Waals surface area contributed by atoms with Crippen molar-refractivity contribution >= 4 is 11.7 Å². The van der Waals surface area contributed by atoms with E-state index in [0.29, 0.717) is 6.54 Å². The summed E-state index contributed by atoms with van der Waals surface area (Å²) < 4.78 is 0. The van der Waals surface area contributed by atoms with Crippen LogP contribution in [0.5, 0.6) is 0 Å². The van der Waals surface area contributed by atoms with Crippen LogP contribution < -0.4 is 10.2 Å². The van der Waals surface area contributed by atoms with Gasteiger partial charge >= 0.3 is 6.03 Å². The molecule has 0 unspecified atom stereocenters. The van der Waals surface area contributed by atoms with Gasteiger partial charge in [0.15, 0.2) is 0 Å². The van der Waals surface area contributed by atoms with Gasteiger partial charge in [-0.05, 0) is 36.6 Å². The van der Waals surface area contributed by atoms with Crippen LogP contribution >= 0.6 is 0 Å². The highest BCUT2D eigenvalue weighted by Crippen LogP contribution is 2.26. The number of hydrogen-bond acceptors (Lipinski definition) is 2. The number of aryl methyl sites for hydroxylation is 1. The molecule has 0 bridgehead atoms. The SMILES string of the molecule is O=C(NCc1ccccn1)N1CCCc2ccccc21. The molecule has 4 heteroatoms. The van der Waals surface area contributed by atoms with E-state index in [4.69, 9.17) is 0 Å². The van der Waals surface area contributed by atoms with E-state index in [2.05, 4.69) is 16.4 Å². The third-order valence-corrected chi connectivity index (χ3v) is 3.50. The molecule has 1 aliphatic rings. The fraction of sp³-hybridized carbons (Fsp3) is 0.250. The summed E-state index contributed by atoms with van der Waals surface area (Å²) in [5, 5.41) is 2.93. The Morgan fingerprint density at radius 2 is 2.05 bits per heavy atom. The zero-order valence-electron chi connectivity index (χ0n) is 11.2. The lowest BCUT2D eigenvalue weighted by Gasteiger charge is -2.29. The van der Waals surface area contributed by atoms with Gasteiger partial charge in [-0.25, -0.2) is 4.79 Å². The average Bonchev–Trinajstić information content (AvgIpc) is 2.53. The summed E-state index contributed by atoms with van der Waals surface area (Å²) in [6.07, 6.45) is 3.78. The fourth-order valence-electron chi connectivity index (χ4n) is 2.51. The van der Waals surface area contributed by atoms with Crippen LogP contribution in [0.4, 0.5) is 10.5 Å². The molecule has 0 spiro atoms. The van der Waals surface area contributed by atoms with Crippen LogP contribution in [0.3, 0.4) is 0 Å². The van der Waals surface area contributed by atoms with Gasteiger partial charge in [0, 0.05) is 18.4 Å². The first-order valence-corrected chi connectivity index (χ1v) is 6.88. The fourth-order valence-corrected chi connectivity index (χ4v) is 2.51. The second-order valence-corrected chi connectivity index (χ2v) is 4.86. The third-order valence-electron chi connectivity index (χ3n) is 3.50. The topological polar surface area (TPSA) is 45.2 Å². The summed E-state index contributed by atoms with van der Waals surface area (Å²) in [4.78, 5) is 18.3. The van der Waals surface area contributed by atoms with Gasteiger partial charge in [0.25, 0.3) is 0 Å². The monoisotopic (exact) mass is 267 g/mol. The second-order valence-electron chi connectivity index (χ2n) is 4.86. The van der Waals surface area contributed by atoms with Gasteiger partial charge in [-0.15, -0.1) is 0 Å². The highest BCUT2D eigenvalue weighted by atomic mass is 16.2. The molecule has 0 fully saturated rings. The van der Waals surface area contributed by atoms with Crippen molar-refractivity contribution in [2.75, 3.05) is 11.4 Å². The van der Waals surface area contributed by atoms with Crippen molar-refractivity contribution in [3.05, 3.63) is 59.9 Å². The van der Waals surface area contributed by atoms with Crippen molar-refractivity contribution in [3.8, 4) is 0 Å². The number of fused-ring (bicyclic) bond motifs is 1. The normalized spacial score (nSPS) is 13.7. The number of hydrogen-bond donors (Lipinski definition) is 1. The van der Waals surface area contributed by atoms with E-state index in [1.165, 1.54) is 5.56 Å². The minimum atomic E-state index is -0.0530. The maximum absolute atomic E-state index is 12.3. The summed E-state index contributed by atoms with van der Waals surface area (Å²) in [5.41, 5.74) is 3.13. The first-order chi connectivity index (χ1) is 9.84. The number of pyridine rings is 1. The van der Waals surface area contributed by atoms with Crippen molar-refractivity contribution in [2.45, 2.75) is 19.4 Å². The van der Waals surface area contributed by atoms with Gasteiger partial charge in [0.2, 0.25) is 0 Å². The molecular formula is C16H17N3O. The minimum absolute atomic E-state index is 0.0530. The molecule has 102 valence electrons. The van der Waals surface area contributed by atoms with Crippen molar-refractivity contribution in [3.63, 3.8) is 0 Å². The first-order valence-electron chi connectivity index (χ1n) is 6.88. The Balaban J connectivity index is 1.69. The van der Waals surface area contributed by atoms with E-state index in [1.54, 1.807) is 6.20 Å². The molecule has 0 aliphatic carbocycles. The molecule has 2 amide bonds. The summed E-state index contributed by atoms with van der Waals surface area (Å²) >= 11 is 0. The maximum Gasteiger partial charge on any atom is 0.322 e. The Labute approximate surface area is 118 Å². The molecule has 0 saturated carbocycles. The zero-order valence-corrected chi connectivity index (χ0v) is 11.2. The summed E-state index contributed by atoms with van der Waals surface area (Å²) in [6, 6.07) is 13.7. The molecule has 20 heavy (non-hydrogen) atoms. The molecule has 1 aromatic carbocycles. The lowest BCUT2D eigenvalue weighted by atomic mass is 10.0. The van der Waals surface area contributed by atoms with E-state index in [0.717, 1.165) is 30.8 Å². The largest absolute Gasteiger partial charge is 0.332 e. The van der Waals surface area contributed by atoms with Crippen LogP contribution in [0.15, 0.2) is 48.7 Å². The number of rotatable bonds is 2. The first kappa shape index (κ1) is 12.7. The van der Waals surface area contributed by atoms with Crippen LogP contribution in [-0.4, -0.2) is 17.6 Å². The van der Waals surface area contributed by atoms with Gasteiger partial charge in [-0.3, -0.25) is 9.88 Å². The summed E-state index contributed by atoms with van der Waals surface area (Å²) in [5.74, 6) is 0. The number of anilines is 1. The molecule has 2 heterocycles. The molecular weight excluding hydrogens is 250 g/mol. The Bertz CT molecular complexity index is 598. The van der Waals surface area contributed by atoms with Crippen LogP contribution in [0, 0.1) is 0 Å². The Kier molecular flexibility index (Phi) is 3.63. The Morgan fingerprint density at radius 1 is 1.20 bits per heavy atom. The summed E-state index contributed by atoms with van der Waals surface area (Å²) in [7, 11) is 0. The summed E-state index contributed by atoms with van der Waals surface area (Å²) in [6.45, 7) is 1.23. The number of urea groups is 1. The number of nitrogens with zero attached hydrogens (tertiary/aromatic N) is 2. The van der Waals surface area contributed by atoms with Crippen LogP contribution in [0.25, 0.3) is 0 Å². The highest BCUT2D eigenvalue weighted by molar-refractivity contribution is 5.93. The number of aromatic nitrogens is 1. The molecule has 4 nitrogen and oxygen atoms in total. The van der Waals surface area contributed by atoms with Gasteiger partial charge in [-0.2, -0.15) is 0 Å². The van der Waals surface area contributed by atoms with Crippen LogP contribution in [0.1, 0.15) is 17.7 Å². The number of para-hydroxylation sites is 1. The average molecular weight is 267 g/mol. The minimum Gasteiger partial charge on any atom is -0.332 e. The number of nitrogens with one attached hydrogen (secondary N) is 1. The van der Waals surface area contributed by atoms with E-state index < -0.39 is 0 Å². The highest BCUT2D eigenvalue weighted by Gasteiger charge is 2.21. The Morgan fingerprint density at radius 3 is 2.90 bits per heavy atom. The predicted octanol–water partition coefficient (Wildman–Crippen LogP) is 2.74. The van der Waals surface area contributed by atoms with E-state index >= 15 is 0 Å². The van der Waals surface area contributed by atoms with E-state index in [-0.39, 0.29) is 6.03 Å². The smallest absolute Gasteiger partial charge is 0.322 e. The molecule has 1 aliphatic heterocycles. The van der Waals surface area contributed by atoms with E-state index in [9.17, 15) is 4.79 Å². The molecule has 0 atom stereocenters. The second kappa shape index (κ2) is 5.74. The molecule has 2 aromatic rings. The molecule has 0 radical (unpaired) electrons. The van der Waals surface area contributed by atoms with Crippen molar-refractivity contribution in [2.24, 2.45) is 0 Å². The van der Waals surface area contributed by atoms with Gasteiger partial charge in [0.05, 0.1) is 12.2 Å². The van der Waals surface area contributed by atoms with Gasteiger partial charge in [-0.1, -0.05) is 24.3 Å². The lowest BCUT2D eigenvalue weighted by Crippen LogP contribution is -2.42. The quantitative estimate of drug-likeness (QED) is 0.909. The molecule has 1 N–H and O–H groups in total. The van der Waals surface area contributed by atoms with Gasteiger partial charge < -0.3 is 5.32 Å². The lowest BCUT2D eigenvalue weighted by molar-refractivity contribution is 0.245. The van der Waals surface area contributed by atoms with Crippen molar-refractivity contribution in [1.82, 2.24) is 10.3 Å². The number of carbonyl (C=O) groups is 1. The molecule has 3 rings (SSSR count). The zero-order chi connectivity index (χ0) is 13.8. The van der Waals surface area contributed by atoms with Crippen molar-refractivity contribution < 1.29 is 4.79 Å². The number of amides is 2. The van der Waals surface area contributed by atoms with Crippen LogP contribution in [-0.2, 0) is 13.0 Å². The standard InChI is InChI=1S/C16H17N3O/c20-16(18-12-14-8-3-4-10-17-14)19-11-5-7-13-6-1-2-9-15(13)19/h1-4,6,8-10H,5,7,11-12H2,(H,18,20). The number of carbonyl (C=O) groups excluding carboxylic acids is 1. The molecule has 0 saturated heterocycles.